The molecule has 0 radical (unpaired) electrons. The molecule has 0 saturated heterocycles. The van der Waals surface area contributed by atoms with Crippen LogP contribution in [0.25, 0.3) is 0 Å². The Bertz CT molecular complexity index is 1130. The van der Waals surface area contributed by atoms with Gasteiger partial charge in [0.25, 0.3) is 0 Å². The van der Waals surface area contributed by atoms with Gasteiger partial charge in [0.1, 0.15) is 24.2 Å². The summed E-state index contributed by atoms with van der Waals surface area (Å²) in [6, 6.07) is -3.91. The van der Waals surface area contributed by atoms with Crippen LogP contribution < -0.4 is 21.3 Å². The summed E-state index contributed by atoms with van der Waals surface area (Å²) in [5.41, 5.74) is 3.98. The smallest absolute Gasteiger partial charge is 0.326 e. The number of rotatable bonds is 24. The molecule has 0 aliphatic carbocycles. The summed E-state index contributed by atoms with van der Waals surface area (Å²) in [5, 5.41) is 20.4. The van der Waals surface area contributed by atoms with Crippen molar-refractivity contribution in [1.82, 2.24) is 21.3 Å². The maximum absolute atomic E-state index is 13.5. The molecule has 4 amide bonds. The second-order valence-electron chi connectivity index (χ2n) is 13.0. The van der Waals surface area contributed by atoms with Crippen LogP contribution >= 0.6 is 23.5 Å². The molecule has 0 saturated carbocycles. The Morgan fingerprint density at radius 1 is 0.729 bits per heavy atom. The molecular weight excluding hydrogens is 649 g/mol. The van der Waals surface area contributed by atoms with Crippen LogP contribution in [-0.2, 0) is 24.0 Å². The van der Waals surface area contributed by atoms with E-state index in [4.69, 9.17) is 0 Å². The Labute approximate surface area is 297 Å². The van der Waals surface area contributed by atoms with Crippen molar-refractivity contribution >= 4 is 53.1 Å². The molecule has 0 fully saturated rings. The fourth-order valence-corrected chi connectivity index (χ4v) is 6.12. The maximum atomic E-state index is 13.5. The summed E-state index contributed by atoms with van der Waals surface area (Å²) in [6.07, 6.45) is 13.4. The van der Waals surface area contributed by atoms with Crippen LogP contribution in [0.15, 0.2) is 34.9 Å². The number of amides is 4. The number of hydrogen-bond acceptors (Lipinski definition) is 7. The van der Waals surface area contributed by atoms with Gasteiger partial charge in [-0.3, -0.25) is 19.2 Å². The number of hydrogen-bond donors (Lipinski definition) is 5. The highest BCUT2D eigenvalue weighted by Gasteiger charge is 2.34. The van der Waals surface area contributed by atoms with E-state index in [-0.39, 0.29) is 24.2 Å². The van der Waals surface area contributed by atoms with Gasteiger partial charge in [-0.1, -0.05) is 69.1 Å². The molecule has 5 N–H and O–H groups in total. The molecular formula is C36H62N4O6S2. The number of carbonyl (C=O) groups is 5. The van der Waals surface area contributed by atoms with Crippen LogP contribution in [0.3, 0.4) is 0 Å². The highest BCUT2D eigenvalue weighted by Crippen LogP contribution is 2.15. The van der Waals surface area contributed by atoms with Crippen molar-refractivity contribution in [1.29, 1.82) is 0 Å². The van der Waals surface area contributed by atoms with E-state index < -0.39 is 47.9 Å². The summed E-state index contributed by atoms with van der Waals surface area (Å²) in [6.45, 7) is 17.1. The lowest BCUT2D eigenvalue weighted by molar-refractivity contribution is -0.142. The van der Waals surface area contributed by atoms with E-state index in [1.807, 2.05) is 13.2 Å². The molecule has 274 valence electrons. The highest BCUT2D eigenvalue weighted by atomic mass is 32.2. The van der Waals surface area contributed by atoms with Crippen LogP contribution in [0.4, 0.5) is 0 Å². The molecule has 12 heteroatoms. The first-order chi connectivity index (χ1) is 22.5. The number of carboxylic acids is 1. The SMILES string of the molecule is CCC(C)C(NC(=O)C(NC(=O)C(CSCC=C(C)CCC=C(C)CCC=C(C)C)NC(C)=O)C(C)C)C(=O)NC(CCSC)C(=O)O. The Hall–Kier alpha value is -2.73. The zero-order chi connectivity index (χ0) is 36.8. The number of allylic oxidation sites excluding steroid dienone is 5. The third-order valence-corrected chi connectivity index (χ3v) is 9.53. The molecule has 0 bridgehead atoms. The van der Waals surface area contributed by atoms with E-state index in [0.717, 1.165) is 25.7 Å². The van der Waals surface area contributed by atoms with Crippen molar-refractivity contribution in [2.45, 2.75) is 125 Å². The molecule has 0 aromatic rings. The van der Waals surface area contributed by atoms with Crippen molar-refractivity contribution in [3.05, 3.63) is 34.9 Å². The lowest BCUT2D eigenvalue weighted by atomic mass is 9.96. The Kier molecular flexibility index (Phi) is 23.8. The van der Waals surface area contributed by atoms with Crippen LogP contribution in [0.5, 0.6) is 0 Å². The summed E-state index contributed by atoms with van der Waals surface area (Å²) < 4.78 is 0. The van der Waals surface area contributed by atoms with Crippen molar-refractivity contribution in [2.24, 2.45) is 11.8 Å². The Morgan fingerprint density at radius 2 is 1.29 bits per heavy atom. The largest absolute Gasteiger partial charge is 0.480 e. The quantitative estimate of drug-likeness (QED) is 0.0638. The Balaban J connectivity index is 5.42. The lowest BCUT2D eigenvalue weighted by Gasteiger charge is -2.29. The second-order valence-corrected chi connectivity index (χ2v) is 15.1. The van der Waals surface area contributed by atoms with Gasteiger partial charge in [-0.15, -0.1) is 0 Å². The van der Waals surface area contributed by atoms with Crippen molar-refractivity contribution < 1.29 is 29.1 Å². The number of aliphatic carboxylic acids is 1. The fraction of sp³-hybridized carbons (Fsp3) is 0.694. The predicted molar refractivity (Wildman–Crippen MR) is 201 cm³/mol. The average molecular weight is 711 g/mol. The summed E-state index contributed by atoms with van der Waals surface area (Å²) in [7, 11) is 0. The molecule has 0 heterocycles. The average Bonchev–Trinajstić information content (AvgIpc) is 3.00. The number of thioether (sulfide) groups is 2. The van der Waals surface area contributed by atoms with E-state index in [1.54, 1.807) is 20.8 Å². The molecule has 0 spiro atoms. The Morgan fingerprint density at radius 3 is 1.81 bits per heavy atom. The van der Waals surface area contributed by atoms with Crippen molar-refractivity contribution in [2.75, 3.05) is 23.5 Å². The van der Waals surface area contributed by atoms with E-state index in [2.05, 4.69) is 67.2 Å². The molecule has 5 atom stereocenters. The normalized spacial score (nSPS) is 15.1. The molecule has 5 unspecified atom stereocenters. The fourth-order valence-electron chi connectivity index (χ4n) is 4.64. The first-order valence-corrected chi connectivity index (χ1v) is 19.5. The lowest BCUT2D eigenvalue weighted by Crippen LogP contribution is -2.60. The van der Waals surface area contributed by atoms with E-state index >= 15 is 0 Å². The van der Waals surface area contributed by atoms with Gasteiger partial charge in [-0.05, 0) is 83.6 Å². The van der Waals surface area contributed by atoms with Crippen LogP contribution in [0.2, 0.25) is 0 Å². The monoisotopic (exact) mass is 710 g/mol. The van der Waals surface area contributed by atoms with Gasteiger partial charge in [-0.25, -0.2) is 4.79 Å². The topological polar surface area (TPSA) is 154 Å². The van der Waals surface area contributed by atoms with E-state index in [0.29, 0.717) is 23.7 Å². The summed E-state index contributed by atoms with van der Waals surface area (Å²) in [4.78, 5) is 63.8. The van der Waals surface area contributed by atoms with E-state index in [9.17, 15) is 29.1 Å². The first kappa shape index (κ1) is 45.3. The first-order valence-electron chi connectivity index (χ1n) is 17.0. The van der Waals surface area contributed by atoms with Gasteiger partial charge in [0.05, 0.1) is 0 Å². The number of carboxylic acid groups (broad SMARTS) is 1. The minimum atomic E-state index is -1.14. The molecule has 10 nitrogen and oxygen atoms in total. The third kappa shape index (κ3) is 19.9. The van der Waals surface area contributed by atoms with Crippen LogP contribution in [0, 0.1) is 11.8 Å². The predicted octanol–water partition coefficient (Wildman–Crippen LogP) is 5.64. The molecule has 0 aromatic heterocycles. The minimum absolute atomic E-state index is 0.250. The standard InChI is InChI=1S/C36H62N4O6S2/c1-11-27(8)32(35(44)38-29(36(45)46)19-20-47-10)40-34(43)31(24(4)5)39-33(42)30(37-28(9)41)22-48-21-18-26(7)17-13-16-25(6)15-12-14-23(2)3/h14,16,18,24,27,29-32H,11-13,15,17,19-22H2,1-10H3,(H,37,41)(H,38,44)(H,39,42)(H,40,43)(H,45,46). The van der Waals surface area contributed by atoms with E-state index in [1.165, 1.54) is 47.2 Å². The maximum Gasteiger partial charge on any atom is 0.326 e. The molecule has 0 rings (SSSR count). The second kappa shape index (κ2) is 25.3. The minimum Gasteiger partial charge on any atom is -0.480 e. The van der Waals surface area contributed by atoms with Crippen molar-refractivity contribution in [3.8, 4) is 0 Å². The van der Waals surface area contributed by atoms with Crippen LogP contribution in [-0.4, -0.2) is 82.4 Å². The van der Waals surface area contributed by atoms with Crippen LogP contribution in [0.1, 0.15) is 101 Å². The number of carbonyl (C=O) groups excluding carboxylic acids is 4. The van der Waals surface area contributed by atoms with Gasteiger partial charge in [0.2, 0.25) is 23.6 Å². The zero-order valence-electron chi connectivity index (χ0n) is 30.9. The van der Waals surface area contributed by atoms with Gasteiger partial charge in [0, 0.05) is 18.4 Å². The molecule has 0 aliphatic rings. The summed E-state index contributed by atoms with van der Waals surface area (Å²) >= 11 is 2.99. The molecule has 48 heavy (non-hydrogen) atoms. The van der Waals surface area contributed by atoms with Gasteiger partial charge >= 0.3 is 5.97 Å². The molecule has 0 aromatic carbocycles. The van der Waals surface area contributed by atoms with Crippen molar-refractivity contribution in [3.63, 3.8) is 0 Å². The third-order valence-electron chi connectivity index (χ3n) is 7.92. The van der Waals surface area contributed by atoms with Gasteiger partial charge in [0.15, 0.2) is 0 Å². The summed E-state index contributed by atoms with van der Waals surface area (Å²) in [5.74, 6) is -2.20. The van der Waals surface area contributed by atoms with Gasteiger partial charge in [-0.2, -0.15) is 23.5 Å². The van der Waals surface area contributed by atoms with Gasteiger partial charge < -0.3 is 26.4 Å². The highest BCUT2D eigenvalue weighted by molar-refractivity contribution is 7.99. The number of nitrogens with one attached hydrogen (secondary N) is 4. The molecule has 0 aliphatic heterocycles. The zero-order valence-corrected chi connectivity index (χ0v) is 32.5.